The van der Waals surface area contributed by atoms with Crippen molar-refractivity contribution in [2.45, 2.75) is 33.9 Å². The Bertz CT molecular complexity index is 813. The Morgan fingerprint density at radius 3 is 2.46 bits per heavy atom. The number of guanidine groups is 1. The molecule has 0 bridgehead atoms. The zero-order chi connectivity index (χ0) is 20.5. The molecule has 28 heavy (non-hydrogen) atoms. The van der Waals surface area contributed by atoms with E-state index in [2.05, 4.69) is 15.0 Å². The number of hydrogen-bond donors (Lipinski definition) is 2. The number of aliphatic imine (C=N–C) groups is 1. The van der Waals surface area contributed by atoms with Crippen LogP contribution in [-0.2, 0) is 6.54 Å². The van der Waals surface area contributed by atoms with E-state index in [1.54, 1.807) is 30.3 Å². The summed E-state index contributed by atoms with van der Waals surface area (Å²) in [4.78, 5) is 4.24. The van der Waals surface area contributed by atoms with Gasteiger partial charge in [0.15, 0.2) is 5.96 Å². The lowest BCUT2D eigenvalue weighted by atomic mass is 10.1. The summed E-state index contributed by atoms with van der Waals surface area (Å²) in [6, 6.07) is 10.3. The predicted molar refractivity (Wildman–Crippen MR) is 106 cm³/mol. The number of nitrogens with one attached hydrogen (secondary N) is 1. The number of hydrogen-bond acceptors (Lipinski definition) is 4. The van der Waals surface area contributed by atoms with Gasteiger partial charge in [0.2, 0.25) is 0 Å². The van der Waals surface area contributed by atoms with Crippen LogP contribution in [0.2, 0.25) is 0 Å². The highest BCUT2D eigenvalue weighted by atomic mass is 19.3. The van der Waals surface area contributed by atoms with Crippen molar-refractivity contribution in [3.63, 3.8) is 0 Å². The summed E-state index contributed by atoms with van der Waals surface area (Å²) in [5.74, 6) is 1.44. The molecule has 0 saturated heterocycles. The van der Waals surface area contributed by atoms with Gasteiger partial charge >= 0.3 is 6.61 Å². The summed E-state index contributed by atoms with van der Waals surface area (Å²) in [6.45, 7) is 3.80. The van der Waals surface area contributed by atoms with Gasteiger partial charge in [-0.1, -0.05) is 17.7 Å². The maximum absolute atomic E-state index is 12.6. The molecule has 3 N–H and O–H groups in total. The zero-order valence-corrected chi connectivity index (χ0v) is 16.2. The average Bonchev–Trinajstić information content (AvgIpc) is 2.64. The second-order valence-corrected chi connectivity index (χ2v) is 5.84. The molecule has 0 saturated carbocycles. The quantitative estimate of drug-likeness (QED) is 0.490. The maximum Gasteiger partial charge on any atom is 0.387 e. The second-order valence-electron chi connectivity index (χ2n) is 5.84. The third-order valence-electron chi connectivity index (χ3n) is 3.68. The standard InChI is InChI=1S/C20H25F2N3O3/c1-4-26-15-7-9-18(27-5-2)16(11-15)25-20(23)24-12-14-10-13(3)6-8-17(14)28-19(21)22/h6-11,19H,4-5,12H2,1-3H3,(H3,23,24,25). The number of anilines is 1. The second kappa shape index (κ2) is 10.3. The van der Waals surface area contributed by atoms with Gasteiger partial charge in [-0.3, -0.25) is 0 Å². The van der Waals surface area contributed by atoms with Crippen LogP contribution in [0.1, 0.15) is 25.0 Å². The van der Waals surface area contributed by atoms with E-state index >= 15 is 0 Å². The number of aryl methyl sites for hydroxylation is 1. The minimum atomic E-state index is -2.91. The van der Waals surface area contributed by atoms with Crippen molar-refractivity contribution < 1.29 is 23.0 Å². The monoisotopic (exact) mass is 393 g/mol. The summed E-state index contributed by atoms with van der Waals surface area (Å²) in [5.41, 5.74) is 8.00. The van der Waals surface area contributed by atoms with Crippen molar-refractivity contribution in [1.29, 1.82) is 0 Å². The first-order chi connectivity index (χ1) is 13.4. The maximum atomic E-state index is 12.6. The molecule has 0 atom stereocenters. The Morgan fingerprint density at radius 1 is 1.07 bits per heavy atom. The van der Waals surface area contributed by atoms with Crippen molar-refractivity contribution >= 4 is 11.6 Å². The first-order valence-corrected chi connectivity index (χ1v) is 8.93. The van der Waals surface area contributed by atoms with Crippen LogP contribution in [0, 0.1) is 6.92 Å². The molecule has 2 rings (SSSR count). The van der Waals surface area contributed by atoms with Crippen LogP contribution < -0.4 is 25.3 Å². The fourth-order valence-electron chi connectivity index (χ4n) is 2.54. The largest absolute Gasteiger partial charge is 0.494 e. The minimum Gasteiger partial charge on any atom is -0.494 e. The van der Waals surface area contributed by atoms with Gasteiger partial charge in [0, 0.05) is 11.6 Å². The Hall–Kier alpha value is -3.03. The van der Waals surface area contributed by atoms with Crippen molar-refractivity contribution in [2.24, 2.45) is 10.7 Å². The fourth-order valence-corrected chi connectivity index (χ4v) is 2.54. The van der Waals surface area contributed by atoms with Gasteiger partial charge in [-0.2, -0.15) is 8.78 Å². The van der Waals surface area contributed by atoms with Gasteiger partial charge in [0.05, 0.1) is 25.4 Å². The lowest BCUT2D eigenvalue weighted by molar-refractivity contribution is -0.0504. The molecule has 0 heterocycles. The van der Waals surface area contributed by atoms with E-state index < -0.39 is 6.61 Å². The van der Waals surface area contributed by atoms with Gasteiger partial charge < -0.3 is 25.3 Å². The van der Waals surface area contributed by atoms with E-state index in [-0.39, 0.29) is 18.3 Å². The van der Waals surface area contributed by atoms with E-state index in [9.17, 15) is 8.78 Å². The van der Waals surface area contributed by atoms with Gasteiger partial charge in [-0.05, 0) is 39.0 Å². The molecule has 0 radical (unpaired) electrons. The van der Waals surface area contributed by atoms with E-state index in [1.807, 2.05) is 20.8 Å². The summed E-state index contributed by atoms with van der Waals surface area (Å²) in [6.07, 6.45) is 0. The van der Waals surface area contributed by atoms with Crippen molar-refractivity contribution in [1.82, 2.24) is 0 Å². The van der Waals surface area contributed by atoms with Gasteiger partial charge in [-0.25, -0.2) is 4.99 Å². The highest BCUT2D eigenvalue weighted by Gasteiger charge is 2.11. The molecule has 2 aromatic rings. The summed E-state index contributed by atoms with van der Waals surface area (Å²) >= 11 is 0. The number of nitrogens with two attached hydrogens (primary N) is 1. The molecule has 0 spiro atoms. The Labute approximate surface area is 163 Å². The third-order valence-corrected chi connectivity index (χ3v) is 3.68. The molecular formula is C20H25F2N3O3. The molecule has 8 heteroatoms. The number of halogens is 2. The van der Waals surface area contributed by atoms with Crippen molar-refractivity contribution in [3.8, 4) is 17.2 Å². The van der Waals surface area contributed by atoms with E-state index in [0.717, 1.165) is 5.56 Å². The summed E-state index contributed by atoms with van der Waals surface area (Å²) in [7, 11) is 0. The van der Waals surface area contributed by atoms with Crippen molar-refractivity contribution in [3.05, 3.63) is 47.5 Å². The van der Waals surface area contributed by atoms with Gasteiger partial charge in [-0.15, -0.1) is 0 Å². The molecule has 0 aliphatic carbocycles. The molecule has 2 aromatic carbocycles. The number of alkyl halides is 2. The molecule has 0 aromatic heterocycles. The number of ether oxygens (including phenoxy) is 3. The fraction of sp³-hybridized carbons (Fsp3) is 0.350. The average molecular weight is 393 g/mol. The van der Waals surface area contributed by atoms with Gasteiger partial charge in [0.25, 0.3) is 0 Å². The highest BCUT2D eigenvalue weighted by Crippen LogP contribution is 2.29. The molecule has 0 aliphatic heterocycles. The lowest BCUT2D eigenvalue weighted by Crippen LogP contribution is -2.23. The van der Waals surface area contributed by atoms with E-state index in [0.29, 0.717) is 36.0 Å². The molecule has 152 valence electrons. The predicted octanol–water partition coefficient (Wildman–Crippen LogP) is 4.32. The first-order valence-electron chi connectivity index (χ1n) is 8.93. The number of benzene rings is 2. The summed E-state index contributed by atoms with van der Waals surface area (Å²) in [5, 5.41) is 2.97. The van der Waals surface area contributed by atoms with E-state index in [1.165, 1.54) is 6.07 Å². The Balaban J connectivity index is 2.19. The van der Waals surface area contributed by atoms with Crippen LogP contribution >= 0.6 is 0 Å². The third kappa shape index (κ3) is 6.29. The number of rotatable bonds is 9. The minimum absolute atomic E-state index is 0.0745. The van der Waals surface area contributed by atoms with Crippen LogP contribution in [0.15, 0.2) is 41.4 Å². The van der Waals surface area contributed by atoms with Crippen LogP contribution in [0.4, 0.5) is 14.5 Å². The van der Waals surface area contributed by atoms with Crippen molar-refractivity contribution in [2.75, 3.05) is 18.5 Å². The molecule has 0 aliphatic rings. The first kappa shape index (κ1) is 21.3. The normalized spacial score (nSPS) is 11.4. The van der Waals surface area contributed by atoms with E-state index in [4.69, 9.17) is 15.2 Å². The van der Waals surface area contributed by atoms with Crippen LogP contribution in [0.25, 0.3) is 0 Å². The highest BCUT2D eigenvalue weighted by molar-refractivity contribution is 5.94. The molecular weight excluding hydrogens is 368 g/mol. The topological polar surface area (TPSA) is 78.1 Å². The Kier molecular flexibility index (Phi) is 7.86. The number of nitrogens with zero attached hydrogens (tertiary/aromatic N) is 1. The van der Waals surface area contributed by atoms with Gasteiger partial charge in [0.1, 0.15) is 17.2 Å². The van der Waals surface area contributed by atoms with Crippen LogP contribution in [0.3, 0.4) is 0 Å². The Morgan fingerprint density at radius 2 is 1.79 bits per heavy atom. The van der Waals surface area contributed by atoms with Crippen LogP contribution in [-0.4, -0.2) is 25.8 Å². The van der Waals surface area contributed by atoms with Crippen LogP contribution in [0.5, 0.6) is 17.2 Å². The zero-order valence-electron chi connectivity index (χ0n) is 16.2. The molecule has 0 fully saturated rings. The lowest BCUT2D eigenvalue weighted by Gasteiger charge is -2.14. The SMILES string of the molecule is CCOc1ccc(OCC)c(NC(N)=NCc2cc(C)ccc2OC(F)F)c1. The molecule has 6 nitrogen and oxygen atoms in total. The smallest absolute Gasteiger partial charge is 0.387 e. The molecule has 0 unspecified atom stereocenters. The summed E-state index contributed by atoms with van der Waals surface area (Å²) < 4.78 is 40.8. The molecule has 0 amide bonds.